The average molecular weight is 332 g/mol. The summed E-state index contributed by atoms with van der Waals surface area (Å²) in [5, 5.41) is 8.78. The van der Waals surface area contributed by atoms with E-state index in [4.69, 9.17) is 20.3 Å². The average Bonchev–Trinajstić information content (AvgIpc) is 2.27. The molecule has 1 aromatic rings. The number of hydrogen-bond acceptors (Lipinski definition) is 4. The van der Waals surface area contributed by atoms with E-state index in [1.54, 1.807) is 12.1 Å². The zero-order valence-corrected chi connectivity index (χ0v) is 12.7. The van der Waals surface area contributed by atoms with Gasteiger partial charge in [-0.3, -0.25) is 4.79 Å². The van der Waals surface area contributed by atoms with Gasteiger partial charge in [0, 0.05) is 10.5 Å². The Bertz CT molecular complexity index is 462. The van der Waals surface area contributed by atoms with Crippen LogP contribution in [0.2, 0.25) is 0 Å². The highest BCUT2D eigenvalue weighted by molar-refractivity contribution is 9.10. The van der Waals surface area contributed by atoms with E-state index in [0.29, 0.717) is 21.5 Å². The van der Waals surface area contributed by atoms with Crippen molar-refractivity contribution in [2.24, 2.45) is 5.73 Å². The molecule has 1 atom stereocenters. The maximum Gasteiger partial charge on any atom is 0.305 e. The lowest BCUT2D eigenvalue weighted by atomic mass is 10.0. The number of nitrogens with two attached hydrogens (primary N) is 1. The fraction of sp³-hybridized carbons (Fsp3) is 0.462. The van der Waals surface area contributed by atoms with Crippen LogP contribution in [0.3, 0.4) is 0 Å². The van der Waals surface area contributed by atoms with Crippen LogP contribution in [-0.4, -0.2) is 24.3 Å². The number of carbonyl (C=O) groups is 1. The summed E-state index contributed by atoms with van der Waals surface area (Å²) in [5.41, 5.74) is 6.54. The molecule has 1 rings (SSSR count). The molecule has 0 aliphatic rings. The minimum Gasteiger partial charge on any atom is -0.493 e. The molecule has 1 aromatic carbocycles. The number of methoxy groups -OCH3 is 1. The van der Waals surface area contributed by atoms with Crippen molar-refractivity contribution in [3.63, 3.8) is 0 Å². The normalized spacial score (nSPS) is 12.3. The molecule has 0 spiro atoms. The smallest absolute Gasteiger partial charge is 0.305 e. The Morgan fingerprint density at radius 3 is 2.53 bits per heavy atom. The third kappa shape index (κ3) is 4.40. The first-order valence-electron chi connectivity index (χ1n) is 5.86. The Labute approximate surface area is 120 Å². The molecule has 0 aliphatic carbocycles. The van der Waals surface area contributed by atoms with E-state index in [1.165, 1.54) is 7.11 Å². The molecule has 0 aromatic heterocycles. The van der Waals surface area contributed by atoms with Crippen LogP contribution in [0.1, 0.15) is 31.9 Å². The van der Waals surface area contributed by atoms with Crippen molar-refractivity contribution in [2.75, 3.05) is 7.11 Å². The van der Waals surface area contributed by atoms with Gasteiger partial charge in [-0.05, 0) is 31.5 Å². The molecule has 0 bridgehead atoms. The van der Waals surface area contributed by atoms with E-state index in [2.05, 4.69) is 15.9 Å². The Balaban J connectivity index is 3.11. The predicted octanol–water partition coefficient (Wildman–Crippen LogP) is 2.72. The highest BCUT2D eigenvalue weighted by Crippen LogP contribution is 2.36. The predicted molar refractivity (Wildman–Crippen MR) is 75.6 cm³/mol. The number of aliphatic carboxylic acids is 1. The molecule has 6 heteroatoms. The highest BCUT2D eigenvalue weighted by Gasteiger charge is 2.18. The van der Waals surface area contributed by atoms with Crippen molar-refractivity contribution in [3.8, 4) is 11.5 Å². The molecule has 0 saturated carbocycles. The fourth-order valence-electron chi connectivity index (χ4n) is 1.64. The van der Waals surface area contributed by atoms with E-state index in [1.807, 2.05) is 13.8 Å². The topological polar surface area (TPSA) is 81.8 Å². The second-order valence-corrected chi connectivity index (χ2v) is 5.25. The standard InChI is InChI=1S/C13H18BrNO4/c1-7(2)19-12-5-9(14)8(4-11(12)18-3)10(15)6-13(16)17/h4-5,7,10H,6,15H2,1-3H3,(H,16,17). The minimum absolute atomic E-state index is 0.0133. The molecule has 0 saturated heterocycles. The van der Waals surface area contributed by atoms with Crippen LogP contribution in [0.4, 0.5) is 0 Å². The second-order valence-electron chi connectivity index (χ2n) is 4.40. The monoisotopic (exact) mass is 331 g/mol. The number of ether oxygens (including phenoxy) is 2. The lowest BCUT2D eigenvalue weighted by Gasteiger charge is -2.18. The molecule has 0 fully saturated rings. The second kappa shape index (κ2) is 6.77. The van der Waals surface area contributed by atoms with Crippen LogP contribution in [-0.2, 0) is 4.79 Å². The maximum absolute atomic E-state index is 10.7. The first kappa shape index (κ1) is 15.8. The molecular formula is C13H18BrNO4. The first-order chi connectivity index (χ1) is 8.85. The van der Waals surface area contributed by atoms with E-state index < -0.39 is 12.0 Å². The summed E-state index contributed by atoms with van der Waals surface area (Å²) in [4.78, 5) is 10.7. The number of carboxylic acid groups (broad SMARTS) is 1. The van der Waals surface area contributed by atoms with Crippen LogP contribution in [0.15, 0.2) is 16.6 Å². The fourth-order valence-corrected chi connectivity index (χ4v) is 2.26. The van der Waals surface area contributed by atoms with Gasteiger partial charge in [-0.25, -0.2) is 0 Å². The SMILES string of the molecule is COc1cc(C(N)CC(=O)O)c(Br)cc1OC(C)C. The van der Waals surface area contributed by atoms with Crippen molar-refractivity contribution in [3.05, 3.63) is 22.2 Å². The summed E-state index contributed by atoms with van der Waals surface area (Å²) in [7, 11) is 1.53. The van der Waals surface area contributed by atoms with Crippen LogP contribution < -0.4 is 15.2 Å². The Morgan fingerprint density at radius 1 is 1.42 bits per heavy atom. The first-order valence-corrected chi connectivity index (χ1v) is 6.66. The van der Waals surface area contributed by atoms with Gasteiger partial charge in [0.25, 0.3) is 0 Å². The van der Waals surface area contributed by atoms with Crippen LogP contribution in [0.5, 0.6) is 11.5 Å². The maximum atomic E-state index is 10.7. The Kier molecular flexibility index (Phi) is 5.62. The van der Waals surface area contributed by atoms with Crippen LogP contribution in [0.25, 0.3) is 0 Å². The Hall–Kier alpha value is -1.27. The van der Waals surface area contributed by atoms with Crippen molar-refractivity contribution < 1.29 is 19.4 Å². The largest absolute Gasteiger partial charge is 0.493 e. The van der Waals surface area contributed by atoms with E-state index >= 15 is 0 Å². The zero-order valence-electron chi connectivity index (χ0n) is 11.1. The van der Waals surface area contributed by atoms with Gasteiger partial charge in [-0.1, -0.05) is 15.9 Å². The lowest BCUT2D eigenvalue weighted by molar-refractivity contribution is -0.137. The van der Waals surface area contributed by atoms with Crippen molar-refractivity contribution in [1.29, 1.82) is 0 Å². The molecule has 0 aliphatic heterocycles. The highest BCUT2D eigenvalue weighted by atomic mass is 79.9. The quantitative estimate of drug-likeness (QED) is 0.837. The van der Waals surface area contributed by atoms with E-state index in [9.17, 15) is 4.79 Å². The molecule has 5 nitrogen and oxygen atoms in total. The summed E-state index contributed by atoms with van der Waals surface area (Å²) in [5.74, 6) is 0.185. The van der Waals surface area contributed by atoms with Gasteiger partial charge in [-0.2, -0.15) is 0 Å². The van der Waals surface area contributed by atoms with Crippen molar-refractivity contribution >= 4 is 21.9 Å². The molecule has 106 valence electrons. The summed E-state index contributed by atoms with van der Waals surface area (Å²) in [6.45, 7) is 3.83. The van der Waals surface area contributed by atoms with Crippen molar-refractivity contribution in [2.45, 2.75) is 32.4 Å². The molecular weight excluding hydrogens is 314 g/mol. The zero-order chi connectivity index (χ0) is 14.6. The molecule has 3 N–H and O–H groups in total. The lowest BCUT2D eigenvalue weighted by Crippen LogP contribution is -2.16. The molecule has 0 heterocycles. The van der Waals surface area contributed by atoms with Gasteiger partial charge in [0.05, 0.1) is 19.6 Å². The molecule has 0 amide bonds. The van der Waals surface area contributed by atoms with E-state index in [0.717, 1.165) is 0 Å². The van der Waals surface area contributed by atoms with Crippen LogP contribution >= 0.6 is 15.9 Å². The third-order valence-corrected chi connectivity index (χ3v) is 3.13. The third-order valence-electron chi connectivity index (χ3n) is 2.44. The number of hydrogen-bond donors (Lipinski definition) is 2. The summed E-state index contributed by atoms with van der Waals surface area (Å²) >= 11 is 3.38. The summed E-state index contributed by atoms with van der Waals surface area (Å²) in [6, 6.07) is 2.85. The van der Waals surface area contributed by atoms with Gasteiger partial charge in [0.2, 0.25) is 0 Å². The number of carboxylic acids is 1. The Morgan fingerprint density at radius 2 is 2.05 bits per heavy atom. The van der Waals surface area contributed by atoms with Crippen molar-refractivity contribution in [1.82, 2.24) is 0 Å². The van der Waals surface area contributed by atoms with Gasteiger partial charge < -0.3 is 20.3 Å². The van der Waals surface area contributed by atoms with E-state index in [-0.39, 0.29) is 12.5 Å². The summed E-state index contributed by atoms with van der Waals surface area (Å²) in [6.07, 6.45) is -0.133. The van der Waals surface area contributed by atoms with Gasteiger partial charge in [0.1, 0.15) is 0 Å². The molecule has 19 heavy (non-hydrogen) atoms. The molecule has 0 radical (unpaired) electrons. The number of halogens is 1. The van der Waals surface area contributed by atoms with Gasteiger partial charge in [-0.15, -0.1) is 0 Å². The molecule has 1 unspecified atom stereocenters. The van der Waals surface area contributed by atoms with Gasteiger partial charge >= 0.3 is 5.97 Å². The number of rotatable bonds is 6. The minimum atomic E-state index is -0.944. The summed E-state index contributed by atoms with van der Waals surface area (Å²) < 4.78 is 11.6. The van der Waals surface area contributed by atoms with Crippen LogP contribution in [0, 0.1) is 0 Å². The van der Waals surface area contributed by atoms with Gasteiger partial charge in [0.15, 0.2) is 11.5 Å². The number of benzene rings is 1.